The highest BCUT2D eigenvalue weighted by atomic mass is 16.5. The molecule has 0 radical (unpaired) electrons. The Hall–Kier alpha value is -1.69. The van der Waals surface area contributed by atoms with Gasteiger partial charge in [-0.2, -0.15) is 0 Å². The number of aryl methyl sites for hydroxylation is 2. The molecule has 5 nitrogen and oxygen atoms in total. The van der Waals surface area contributed by atoms with Gasteiger partial charge in [0, 0.05) is 44.4 Å². The van der Waals surface area contributed by atoms with Crippen LogP contribution in [0.4, 0.5) is 0 Å². The Morgan fingerprint density at radius 1 is 1.09 bits per heavy atom. The summed E-state index contributed by atoms with van der Waals surface area (Å²) >= 11 is 0. The van der Waals surface area contributed by atoms with Crippen molar-refractivity contribution in [1.82, 2.24) is 19.8 Å². The van der Waals surface area contributed by atoms with Crippen LogP contribution in [0.5, 0.6) is 0 Å². The maximum Gasteiger partial charge on any atom is 0.106 e. The number of benzene rings is 1. The molecule has 174 valence electrons. The fourth-order valence-corrected chi connectivity index (χ4v) is 6.04. The molecule has 1 aromatic carbocycles. The van der Waals surface area contributed by atoms with E-state index in [2.05, 4.69) is 52.9 Å². The minimum atomic E-state index is 0.400. The lowest BCUT2D eigenvalue weighted by atomic mass is 9.94. The summed E-state index contributed by atoms with van der Waals surface area (Å²) in [7, 11) is 0. The zero-order chi connectivity index (χ0) is 21.9. The molecular formula is C27H40N4O. The van der Waals surface area contributed by atoms with E-state index in [-0.39, 0.29) is 0 Å². The highest BCUT2D eigenvalue weighted by molar-refractivity contribution is 5.33. The number of ether oxygens (including phenoxy) is 1. The Balaban J connectivity index is 1.17. The topological polar surface area (TPSA) is 44.4 Å². The number of hydrogen-bond acceptors (Lipinski definition) is 4. The van der Waals surface area contributed by atoms with E-state index in [1.54, 1.807) is 11.1 Å². The number of hydrogen-bond donors (Lipinski definition) is 1. The molecule has 0 bridgehead atoms. The lowest BCUT2D eigenvalue weighted by Gasteiger charge is -2.38. The van der Waals surface area contributed by atoms with Crippen molar-refractivity contribution < 1.29 is 4.74 Å². The lowest BCUT2D eigenvalue weighted by molar-refractivity contribution is 0.0537. The Labute approximate surface area is 193 Å². The lowest BCUT2D eigenvalue weighted by Crippen LogP contribution is -2.44. The molecule has 2 aromatic rings. The molecule has 2 aliphatic heterocycles. The number of fused-ring (bicyclic) bond motifs is 1. The van der Waals surface area contributed by atoms with Crippen molar-refractivity contribution in [2.24, 2.45) is 5.92 Å². The zero-order valence-corrected chi connectivity index (χ0v) is 20.0. The first-order valence-corrected chi connectivity index (χ1v) is 12.9. The minimum absolute atomic E-state index is 0.400. The molecule has 5 heteroatoms. The van der Waals surface area contributed by atoms with Gasteiger partial charge < -0.3 is 9.72 Å². The first-order valence-electron chi connectivity index (χ1n) is 12.9. The standard InChI is InChI=1S/C27H40N4O/c1-3-27-28-20(2)26(29-27)19-30(18-25-9-6-14-32-25)17-21-10-12-31(13-11-21)24-15-22-7-4-5-8-23(22)16-24/h4-5,7-8,21,24-25H,3,6,9-19H2,1-2H3,(H,28,29). The Morgan fingerprint density at radius 2 is 1.84 bits per heavy atom. The number of imidazole rings is 1. The summed E-state index contributed by atoms with van der Waals surface area (Å²) in [5.74, 6) is 1.89. The predicted molar refractivity (Wildman–Crippen MR) is 129 cm³/mol. The highest BCUT2D eigenvalue weighted by Crippen LogP contribution is 2.29. The van der Waals surface area contributed by atoms with Crippen molar-refractivity contribution in [3.8, 4) is 0 Å². The Morgan fingerprint density at radius 3 is 2.47 bits per heavy atom. The number of nitrogens with zero attached hydrogens (tertiary/aromatic N) is 3. The minimum Gasteiger partial charge on any atom is -0.377 e. The van der Waals surface area contributed by atoms with Gasteiger partial charge in [-0.05, 0) is 75.6 Å². The first kappa shape index (κ1) is 22.1. The van der Waals surface area contributed by atoms with Gasteiger partial charge in [-0.15, -0.1) is 0 Å². The first-order chi connectivity index (χ1) is 15.7. The zero-order valence-electron chi connectivity index (χ0n) is 20.0. The van der Waals surface area contributed by atoms with Gasteiger partial charge in [-0.25, -0.2) is 4.98 Å². The van der Waals surface area contributed by atoms with Crippen LogP contribution in [-0.4, -0.2) is 64.7 Å². The van der Waals surface area contributed by atoms with Gasteiger partial charge in [0.05, 0.1) is 11.8 Å². The second-order valence-electron chi connectivity index (χ2n) is 10.2. The van der Waals surface area contributed by atoms with Crippen LogP contribution in [-0.2, 0) is 30.5 Å². The molecule has 1 atom stereocenters. The van der Waals surface area contributed by atoms with Crippen LogP contribution in [0.3, 0.4) is 0 Å². The summed E-state index contributed by atoms with van der Waals surface area (Å²) in [6, 6.07) is 9.76. The molecule has 2 fully saturated rings. The molecule has 1 N–H and O–H groups in total. The van der Waals surface area contributed by atoms with E-state index in [4.69, 9.17) is 9.72 Å². The van der Waals surface area contributed by atoms with E-state index in [1.165, 1.54) is 69.5 Å². The summed E-state index contributed by atoms with van der Waals surface area (Å²) in [6.45, 7) is 10.9. The monoisotopic (exact) mass is 436 g/mol. The number of aromatic nitrogens is 2. The molecule has 3 aliphatic rings. The second kappa shape index (κ2) is 10.1. The SMILES string of the molecule is CCc1nc(CN(CC2CCN(C3Cc4ccccc4C3)CC2)CC2CCCO2)c(C)[nH]1. The summed E-state index contributed by atoms with van der Waals surface area (Å²) in [6.07, 6.45) is 8.89. The smallest absolute Gasteiger partial charge is 0.106 e. The van der Waals surface area contributed by atoms with Gasteiger partial charge in [0.25, 0.3) is 0 Å². The van der Waals surface area contributed by atoms with Crippen LogP contribution in [0, 0.1) is 12.8 Å². The summed E-state index contributed by atoms with van der Waals surface area (Å²) in [5, 5.41) is 0. The maximum absolute atomic E-state index is 6.00. The molecule has 5 rings (SSSR count). The van der Waals surface area contributed by atoms with E-state index in [0.717, 1.165) is 43.9 Å². The van der Waals surface area contributed by atoms with E-state index in [9.17, 15) is 0 Å². The third-order valence-corrected chi connectivity index (χ3v) is 7.94. The molecule has 1 aromatic heterocycles. The fourth-order valence-electron chi connectivity index (χ4n) is 6.04. The molecule has 3 heterocycles. The number of likely N-dealkylation sites (tertiary alicyclic amines) is 1. The van der Waals surface area contributed by atoms with Gasteiger partial charge in [0.1, 0.15) is 5.82 Å². The van der Waals surface area contributed by atoms with Gasteiger partial charge >= 0.3 is 0 Å². The molecule has 2 saturated heterocycles. The van der Waals surface area contributed by atoms with Crippen molar-refractivity contribution >= 4 is 0 Å². The largest absolute Gasteiger partial charge is 0.377 e. The number of nitrogens with one attached hydrogen (secondary N) is 1. The maximum atomic E-state index is 6.00. The number of rotatable bonds is 8. The average Bonchev–Trinajstić information content (AvgIpc) is 3.54. The normalized spacial score (nSPS) is 22.8. The van der Waals surface area contributed by atoms with Gasteiger partial charge in [-0.1, -0.05) is 31.2 Å². The summed E-state index contributed by atoms with van der Waals surface area (Å²) in [4.78, 5) is 13.8. The van der Waals surface area contributed by atoms with E-state index < -0.39 is 0 Å². The average molecular weight is 437 g/mol. The van der Waals surface area contributed by atoms with E-state index in [0.29, 0.717) is 6.10 Å². The molecule has 0 spiro atoms. The summed E-state index contributed by atoms with van der Waals surface area (Å²) < 4.78 is 6.00. The number of H-pyrrole nitrogens is 1. The van der Waals surface area contributed by atoms with Crippen molar-refractivity contribution in [3.63, 3.8) is 0 Å². The molecule has 1 aliphatic carbocycles. The summed E-state index contributed by atoms with van der Waals surface area (Å²) in [5.41, 5.74) is 5.60. The molecular weight excluding hydrogens is 396 g/mol. The van der Waals surface area contributed by atoms with Crippen LogP contribution in [0.1, 0.15) is 60.9 Å². The van der Waals surface area contributed by atoms with Crippen LogP contribution in [0.25, 0.3) is 0 Å². The van der Waals surface area contributed by atoms with Crippen LogP contribution < -0.4 is 0 Å². The van der Waals surface area contributed by atoms with Crippen molar-refractivity contribution in [2.75, 3.05) is 32.8 Å². The van der Waals surface area contributed by atoms with Crippen molar-refractivity contribution in [2.45, 2.75) is 77.5 Å². The molecule has 32 heavy (non-hydrogen) atoms. The van der Waals surface area contributed by atoms with E-state index >= 15 is 0 Å². The fraction of sp³-hybridized carbons (Fsp3) is 0.667. The number of aromatic amines is 1. The van der Waals surface area contributed by atoms with Gasteiger partial charge in [0.2, 0.25) is 0 Å². The third kappa shape index (κ3) is 5.11. The third-order valence-electron chi connectivity index (χ3n) is 7.94. The Bertz CT molecular complexity index is 855. The van der Waals surface area contributed by atoms with Crippen LogP contribution in [0.2, 0.25) is 0 Å². The number of piperidine rings is 1. The van der Waals surface area contributed by atoms with E-state index in [1.807, 2.05) is 0 Å². The van der Waals surface area contributed by atoms with Gasteiger partial charge in [0.15, 0.2) is 0 Å². The van der Waals surface area contributed by atoms with Crippen molar-refractivity contribution in [3.05, 3.63) is 52.6 Å². The molecule has 0 saturated carbocycles. The van der Waals surface area contributed by atoms with Crippen molar-refractivity contribution in [1.29, 1.82) is 0 Å². The quantitative estimate of drug-likeness (QED) is 0.675. The van der Waals surface area contributed by atoms with Gasteiger partial charge in [-0.3, -0.25) is 9.80 Å². The Kier molecular flexibility index (Phi) is 6.96. The second-order valence-corrected chi connectivity index (χ2v) is 10.2. The van der Waals surface area contributed by atoms with Crippen LogP contribution >= 0.6 is 0 Å². The highest BCUT2D eigenvalue weighted by Gasteiger charge is 2.31. The molecule has 0 amide bonds. The van der Waals surface area contributed by atoms with Crippen LogP contribution in [0.15, 0.2) is 24.3 Å². The predicted octanol–water partition coefficient (Wildman–Crippen LogP) is 4.14. The molecule has 1 unspecified atom stereocenters.